The molecule has 2 heterocycles. The first-order valence-corrected chi connectivity index (χ1v) is 19.9. The third-order valence-electron chi connectivity index (χ3n) is 12.7. The van der Waals surface area contributed by atoms with Gasteiger partial charge < -0.3 is 0 Å². The number of benzene rings is 6. The number of hydrogen-bond acceptors (Lipinski definition) is 2. The zero-order chi connectivity index (χ0) is 39.1. The highest BCUT2D eigenvalue weighted by molar-refractivity contribution is 6.13. The van der Waals surface area contributed by atoms with Gasteiger partial charge in [0.15, 0.2) is 0 Å². The van der Waals surface area contributed by atoms with Crippen LogP contribution in [-0.4, -0.2) is 9.97 Å². The molecule has 0 atom stereocenters. The Balaban J connectivity index is 1.23. The van der Waals surface area contributed by atoms with Crippen molar-refractivity contribution in [3.8, 4) is 55.9 Å². The molecule has 0 saturated carbocycles. The van der Waals surface area contributed by atoms with Gasteiger partial charge in [-0.25, -0.2) is 9.97 Å². The highest BCUT2D eigenvalue weighted by Crippen LogP contribution is 2.51. The molecule has 2 nitrogen and oxygen atoms in total. The second kappa shape index (κ2) is 13.0. The van der Waals surface area contributed by atoms with E-state index in [-0.39, 0.29) is 10.8 Å². The van der Waals surface area contributed by atoms with E-state index in [1.54, 1.807) is 0 Å². The monoisotopic (exact) mass is 732 g/mol. The third-order valence-corrected chi connectivity index (χ3v) is 12.7. The Morgan fingerprint density at radius 1 is 0.456 bits per heavy atom. The van der Waals surface area contributed by atoms with E-state index in [4.69, 9.17) is 9.97 Å². The van der Waals surface area contributed by atoms with Crippen LogP contribution in [0.5, 0.6) is 0 Å². The van der Waals surface area contributed by atoms with Crippen molar-refractivity contribution in [2.75, 3.05) is 0 Å². The highest BCUT2D eigenvalue weighted by atomic mass is 14.8. The van der Waals surface area contributed by atoms with Crippen LogP contribution in [0, 0.1) is 0 Å². The van der Waals surface area contributed by atoms with Crippen LogP contribution >= 0.6 is 0 Å². The minimum Gasteiger partial charge on any atom is -0.245 e. The predicted octanol–water partition coefficient (Wildman–Crippen LogP) is 14.6. The Labute approximate surface area is 335 Å². The summed E-state index contributed by atoms with van der Waals surface area (Å²) in [4.78, 5) is 11.2. The second-order valence-electron chi connectivity index (χ2n) is 16.6. The molecule has 10 rings (SSSR count). The molecule has 0 N–H and O–H groups in total. The van der Waals surface area contributed by atoms with Crippen LogP contribution in [-0.2, 0) is 10.8 Å². The van der Waals surface area contributed by atoms with Gasteiger partial charge in [-0.15, -0.1) is 0 Å². The summed E-state index contributed by atoms with van der Waals surface area (Å²) >= 11 is 0. The van der Waals surface area contributed by atoms with Crippen molar-refractivity contribution in [2.45, 2.75) is 45.4 Å². The quantitative estimate of drug-likeness (QED) is 0.126. The van der Waals surface area contributed by atoms with Crippen molar-refractivity contribution in [2.24, 2.45) is 0 Å². The topological polar surface area (TPSA) is 25.8 Å². The van der Waals surface area contributed by atoms with Crippen LogP contribution in [0.15, 0.2) is 176 Å². The number of pyridine rings is 2. The summed E-state index contributed by atoms with van der Waals surface area (Å²) in [5, 5.41) is 2.17. The van der Waals surface area contributed by atoms with Gasteiger partial charge in [-0.05, 0) is 98.0 Å². The zero-order valence-electron chi connectivity index (χ0n) is 33.2. The van der Waals surface area contributed by atoms with Gasteiger partial charge >= 0.3 is 0 Å². The maximum atomic E-state index is 5.60. The lowest BCUT2D eigenvalue weighted by atomic mass is 9.80. The van der Waals surface area contributed by atoms with Gasteiger partial charge in [0, 0.05) is 32.7 Å². The first-order valence-electron chi connectivity index (χ1n) is 19.9. The Kier molecular flexibility index (Phi) is 7.92. The Morgan fingerprint density at radius 3 is 1.51 bits per heavy atom. The molecule has 2 heteroatoms. The smallest absolute Gasteiger partial charge is 0.0978 e. The number of allylic oxidation sites excluding steroid dienone is 5. The number of rotatable bonds is 6. The van der Waals surface area contributed by atoms with Gasteiger partial charge in [-0.1, -0.05) is 174 Å². The van der Waals surface area contributed by atoms with Crippen LogP contribution in [0.2, 0.25) is 0 Å². The molecule has 2 aromatic heterocycles. The molecule has 2 aliphatic rings. The van der Waals surface area contributed by atoms with Crippen molar-refractivity contribution >= 4 is 27.4 Å². The van der Waals surface area contributed by atoms with E-state index in [0.29, 0.717) is 0 Å². The largest absolute Gasteiger partial charge is 0.245 e. The van der Waals surface area contributed by atoms with E-state index < -0.39 is 0 Å². The van der Waals surface area contributed by atoms with Crippen LogP contribution in [0.3, 0.4) is 0 Å². The summed E-state index contributed by atoms with van der Waals surface area (Å²) in [7, 11) is 0. The molecule has 6 aromatic carbocycles. The summed E-state index contributed by atoms with van der Waals surface area (Å²) in [5.41, 5.74) is 20.8. The molecule has 0 fully saturated rings. The van der Waals surface area contributed by atoms with E-state index in [1.165, 1.54) is 44.5 Å². The molecule has 0 bridgehead atoms. The van der Waals surface area contributed by atoms with Gasteiger partial charge in [0.05, 0.1) is 22.4 Å². The molecule has 0 unspecified atom stereocenters. The van der Waals surface area contributed by atoms with Crippen molar-refractivity contribution in [1.82, 2.24) is 9.97 Å². The minimum atomic E-state index is -0.159. The van der Waals surface area contributed by atoms with E-state index in [1.807, 2.05) is 12.2 Å². The van der Waals surface area contributed by atoms with Crippen molar-refractivity contribution in [1.29, 1.82) is 0 Å². The van der Waals surface area contributed by atoms with Gasteiger partial charge in [0.25, 0.3) is 0 Å². The number of hydrogen-bond donors (Lipinski definition) is 0. The van der Waals surface area contributed by atoms with Crippen molar-refractivity contribution in [3.63, 3.8) is 0 Å². The average molecular weight is 733 g/mol. The van der Waals surface area contributed by atoms with Crippen LogP contribution in [0.4, 0.5) is 0 Å². The van der Waals surface area contributed by atoms with Gasteiger partial charge in [0.1, 0.15) is 0 Å². The van der Waals surface area contributed by atoms with Crippen molar-refractivity contribution < 1.29 is 0 Å². The molecule has 0 radical (unpaired) electrons. The molecule has 0 amide bonds. The van der Waals surface area contributed by atoms with Gasteiger partial charge in [-0.2, -0.15) is 0 Å². The summed E-state index contributed by atoms with van der Waals surface area (Å²) in [5.74, 6) is 0. The van der Waals surface area contributed by atoms with Crippen LogP contribution < -0.4 is 0 Å². The summed E-state index contributed by atoms with van der Waals surface area (Å²) in [6, 6.07) is 53.1. The summed E-state index contributed by atoms with van der Waals surface area (Å²) in [6.45, 7) is 15.5. The second-order valence-corrected chi connectivity index (χ2v) is 16.6. The molecule has 8 aromatic rings. The Hall–Kier alpha value is -6.64. The first-order chi connectivity index (χ1) is 27.6. The van der Waals surface area contributed by atoms with Gasteiger partial charge in [0.2, 0.25) is 0 Å². The Bertz CT molecular complexity index is 3010. The van der Waals surface area contributed by atoms with E-state index in [0.717, 1.165) is 66.6 Å². The average Bonchev–Trinajstić information content (AvgIpc) is 3.59. The predicted molar refractivity (Wildman–Crippen MR) is 241 cm³/mol. The molecule has 0 spiro atoms. The lowest BCUT2D eigenvalue weighted by Crippen LogP contribution is -2.16. The Morgan fingerprint density at radius 2 is 0.947 bits per heavy atom. The molecule has 57 heavy (non-hydrogen) atoms. The van der Waals surface area contributed by atoms with Gasteiger partial charge in [-0.3, -0.25) is 0 Å². The fourth-order valence-electron chi connectivity index (χ4n) is 9.65. The van der Waals surface area contributed by atoms with Crippen molar-refractivity contribution in [3.05, 3.63) is 198 Å². The standard InChI is InChI=1S/C55H44N2/c1-7-8-22-46-34(2)39-26-24-37(30-48(39)54(46,3)4)50-32-44(35-17-11-9-12-18-35)42-28-29-43-45(36-19-13-10-14-20-36)33-51(57-53(43)52(42)56-50)38-25-27-41-40-21-15-16-23-47(40)55(5,6)49(41)31-38/h7-33H,1H2,2-6H3/b22-8-. The fraction of sp³-hybridized carbons (Fsp3) is 0.127. The first kappa shape index (κ1) is 34.8. The van der Waals surface area contributed by atoms with E-state index >= 15 is 0 Å². The SMILES string of the molecule is C=C/C=C\C1=C(C)c2ccc(-c3cc(-c4ccccc4)c4ccc5c(-c6ccccc6)cc(-c6ccc7c(c6)C(C)(C)c6ccccc6-7)nc5c4n3)cc2C1(C)C. The maximum Gasteiger partial charge on any atom is 0.0978 e. The van der Waals surface area contributed by atoms with Crippen LogP contribution in [0.1, 0.15) is 56.9 Å². The number of nitrogens with zero attached hydrogens (tertiary/aromatic N) is 2. The molecule has 274 valence electrons. The molecule has 2 aliphatic carbocycles. The normalized spacial score (nSPS) is 15.0. The summed E-state index contributed by atoms with van der Waals surface area (Å²) < 4.78 is 0. The lowest BCUT2D eigenvalue weighted by molar-refractivity contribution is 0.654. The zero-order valence-corrected chi connectivity index (χ0v) is 33.2. The number of fused-ring (bicyclic) bond motifs is 7. The minimum absolute atomic E-state index is 0.115. The number of aromatic nitrogens is 2. The molecule has 0 saturated heterocycles. The maximum absolute atomic E-state index is 5.60. The highest BCUT2D eigenvalue weighted by Gasteiger charge is 2.36. The molecular formula is C55H44N2. The molecular weight excluding hydrogens is 689 g/mol. The van der Waals surface area contributed by atoms with E-state index in [9.17, 15) is 0 Å². The lowest BCUT2D eigenvalue weighted by Gasteiger charge is -2.23. The van der Waals surface area contributed by atoms with Crippen LogP contribution in [0.25, 0.3) is 83.3 Å². The molecule has 0 aliphatic heterocycles. The van der Waals surface area contributed by atoms with E-state index in [2.05, 4.69) is 193 Å². The summed E-state index contributed by atoms with van der Waals surface area (Å²) in [6.07, 6.45) is 6.11. The fourth-order valence-corrected chi connectivity index (χ4v) is 9.65. The third kappa shape index (κ3) is 5.39.